The minimum atomic E-state index is -0.398. The molecule has 1 aliphatic rings. The summed E-state index contributed by atoms with van der Waals surface area (Å²) in [4.78, 5) is 34.0. The van der Waals surface area contributed by atoms with E-state index in [9.17, 15) is 9.59 Å². The van der Waals surface area contributed by atoms with Gasteiger partial charge in [0.1, 0.15) is 11.6 Å². The van der Waals surface area contributed by atoms with Crippen LogP contribution in [0.25, 0.3) is 16.5 Å². The molecule has 45 heavy (non-hydrogen) atoms. The van der Waals surface area contributed by atoms with Gasteiger partial charge in [0, 0.05) is 35.1 Å². The molecule has 1 aliphatic carbocycles. The van der Waals surface area contributed by atoms with Gasteiger partial charge in [-0.05, 0) is 50.5 Å². The van der Waals surface area contributed by atoms with Gasteiger partial charge in [-0.2, -0.15) is 10.1 Å². The summed E-state index contributed by atoms with van der Waals surface area (Å²) in [5.41, 5.74) is 3.52. The van der Waals surface area contributed by atoms with Gasteiger partial charge in [-0.3, -0.25) is 10.6 Å². The Hall–Kier alpha value is -4.72. The van der Waals surface area contributed by atoms with E-state index in [4.69, 9.17) is 9.84 Å². The van der Waals surface area contributed by atoms with Crippen LogP contribution in [0.1, 0.15) is 47.8 Å². The maximum Gasteiger partial charge on any atom is 0.324 e. The molecule has 5 aromatic rings. The Morgan fingerprint density at radius 3 is 2.51 bits per heavy atom. The first-order valence-corrected chi connectivity index (χ1v) is 16.1. The van der Waals surface area contributed by atoms with E-state index in [1.165, 1.54) is 6.20 Å². The first-order chi connectivity index (χ1) is 21.9. The zero-order valence-corrected chi connectivity index (χ0v) is 27.0. The van der Waals surface area contributed by atoms with Crippen molar-refractivity contribution in [1.82, 2.24) is 25.1 Å². The summed E-state index contributed by atoms with van der Waals surface area (Å²) >= 11 is 2.40. The van der Waals surface area contributed by atoms with Crippen molar-refractivity contribution in [2.45, 2.75) is 49.5 Å². The molecule has 1 unspecified atom stereocenters. The van der Waals surface area contributed by atoms with Gasteiger partial charge in [0.25, 0.3) is 0 Å². The summed E-state index contributed by atoms with van der Waals surface area (Å²) in [5.74, 6) is 1.52. The standard InChI is InChI=1S/C33H33IN8O3/c1-3-6-25(34)27-19-29(42(41-27)22-13-9-20(2)10-14-22)38-33(44)37-26-15-16-28(24-8-5-4-7-23(24)26)45-30-17-18-35-31(39-30)40-32(43)36-21-11-12-21/h4-5,7-10,13-19,21,25H,3,6,11-12H2,1-2H3,(H2,37,38,44)(H2,35,36,39,40,43). The highest BCUT2D eigenvalue weighted by Gasteiger charge is 2.23. The number of hydrogen-bond donors (Lipinski definition) is 4. The van der Waals surface area contributed by atoms with Crippen LogP contribution in [0.2, 0.25) is 0 Å². The monoisotopic (exact) mass is 716 g/mol. The molecule has 4 N–H and O–H groups in total. The summed E-state index contributed by atoms with van der Waals surface area (Å²) in [6.45, 7) is 4.18. The minimum absolute atomic E-state index is 0.140. The second kappa shape index (κ2) is 13.5. The van der Waals surface area contributed by atoms with Crippen molar-refractivity contribution < 1.29 is 14.3 Å². The lowest BCUT2D eigenvalue weighted by atomic mass is 10.1. The van der Waals surface area contributed by atoms with Crippen LogP contribution in [0, 0.1) is 6.92 Å². The summed E-state index contributed by atoms with van der Waals surface area (Å²) in [6, 6.07) is 22.2. The van der Waals surface area contributed by atoms with Crippen molar-refractivity contribution in [1.29, 1.82) is 0 Å². The normalized spacial score (nSPS) is 13.2. The average Bonchev–Trinajstić information content (AvgIpc) is 3.75. The molecule has 1 saturated carbocycles. The van der Waals surface area contributed by atoms with Gasteiger partial charge in [0.05, 0.1) is 21.0 Å². The fourth-order valence-corrected chi connectivity index (χ4v) is 5.71. The lowest BCUT2D eigenvalue weighted by Gasteiger charge is -2.14. The highest BCUT2D eigenvalue weighted by atomic mass is 127. The van der Waals surface area contributed by atoms with Crippen LogP contribution in [0.4, 0.5) is 27.0 Å². The second-order valence-corrected chi connectivity index (χ2v) is 12.4. The molecule has 0 aliphatic heterocycles. The van der Waals surface area contributed by atoms with Gasteiger partial charge in [0.2, 0.25) is 11.8 Å². The van der Waals surface area contributed by atoms with E-state index in [1.807, 2.05) is 61.5 Å². The van der Waals surface area contributed by atoms with Gasteiger partial charge in [-0.15, -0.1) is 0 Å². The third-order valence-corrected chi connectivity index (χ3v) is 8.49. The number of nitrogens with zero attached hydrogens (tertiary/aromatic N) is 4. The van der Waals surface area contributed by atoms with E-state index >= 15 is 0 Å². The summed E-state index contributed by atoms with van der Waals surface area (Å²) in [5, 5.41) is 17.9. The number of urea groups is 2. The Morgan fingerprint density at radius 1 is 0.978 bits per heavy atom. The molecule has 12 heteroatoms. The van der Waals surface area contributed by atoms with Crippen LogP contribution in [0.3, 0.4) is 0 Å². The molecule has 1 atom stereocenters. The van der Waals surface area contributed by atoms with E-state index in [2.05, 4.69) is 60.7 Å². The Labute approximate surface area is 274 Å². The predicted molar refractivity (Wildman–Crippen MR) is 184 cm³/mol. The molecule has 230 valence electrons. The average molecular weight is 717 g/mol. The highest BCUT2D eigenvalue weighted by molar-refractivity contribution is 14.1. The van der Waals surface area contributed by atoms with Crippen LogP contribution in [-0.2, 0) is 0 Å². The molecule has 1 fully saturated rings. The van der Waals surface area contributed by atoms with Crippen molar-refractivity contribution in [2.75, 3.05) is 16.0 Å². The zero-order valence-electron chi connectivity index (χ0n) is 24.9. The van der Waals surface area contributed by atoms with E-state index in [-0.39, 0.29) is 27.8 Å². The maximum absolute atomic E-state index is 13.4. The van der Waals surface area contributed by atoms with E-state index < -0.39 is 6.03 Å². The number of aromatic nitrogens is 4. The summed E-state index contributed by atoms with van der Waals surface area (Å²) in [7, 11) is 0. The number of aryl methyl sites for hydroxylation is 1. The lowest BCUT2D eigenvalue weighted by Crippen LogP contribution is -2.31. The van der Waals surface area contributed by atoms with Gasteiger partial charge in [0.15, 0.2) is 0 Å². The molecule has 11 nitrogen and oxygen atoms in total. The van der Waals surface area contributed by atoms with Crippen molar-refractivity contribution >= 4 is 62.9 Å². The molecular weight excluding hydrogens is 683 g/mol. The molecule has 0 saturated heterocycles. The smallest absolute Gasteiger partial charge is 0.324 e. The Kier molecular flexibility index (Phi) is 9.10. The molecule has 6 rings (SSSR count). The number of rotatable bonds is 10. The van der Waals surface area contributed by atoms with Crippen molar-refractivity contribution in [3.63, 3.8) is 0 Å². The number of carbonyl (C=O) groups excluding carboxylic acids is 2. The molecular formula is C33H33IN8O3. The fourth-order valence-electron chi connectivity index (χ4n) is 4.79. The number of amides is 4. The number of ether oxygens (including phenoxy) is 1. The molecule has 3 aromatic carbocycles. The van der Waals surface area contributed by atoms with Gasteiger partial charge < -0.3 is 15.4 Å². The molecule has 0 radical (unpaired) electrons. The van der Waals surface area contributed by atoms with Crippen LogP contribution >= 0.6 is 22.6 Å². The number of carbonyl (C=O) groups is 2. The van der Waals surface area contributed by atoms with Crippen LogP contribution < -0.4 is 26.0 Å². The number of halogens is 1. The molecule has 2 heterocycles. The van der Waals surface area contributed by atoms with Crippen LogP contribution in [-0.4, -0.2) is 37.9 Å². The van der Waals surface area contributed by atoms with Crippen molar-refractivity contribution in [3.8, 4) is 17.3 Å². The quantitative estimate of drug-likeness (QED) is 0.0852. The number of fused-ring (bicyclic) bond motifs is 1. The Bertz CT molecular complexity index is 1840. The van der Waals surface area contributed by atoms with Gasteiger partial charge in [-0.1, -0.05) is 77.9 Å². The first-order valence-electron chi connectivity index (χ1n) is 14.9. The van der Waals surface area contributed by atoms with E-state index in [1.54, 1.807) is 22.9 Å². The van der Waals surface area contributed by atoms with Crippen LogP contribution in [0.15, 0.2) is 79.0 Å². The Morgan fingerprint density at radius 2 is 1.76 bits per heavy atom. The number of alkyl halides is 1. The first kappa shape index (κ1) is 30.3. The summed E-state index contributed by atoms with van der Waals surface area (Å²) < 4.78 is 8.11. The van der Waals surface area contributed by atoms with E-state index in [0.717, 1.165) is 53.4 Å². The number of nitrogens with one attached hydrogen (secondary N) is 4. The maximum atomic E-state index is 13.4. The Balaban J connectivity index is 1.21. The molecule has 0 spiro atoms. The largest absolute Gasteiger partial charge is 0.438 e. The van der Waals surface area contributed by atoms with Crippen molar-refractivity contribution in [3.05, 3.63) is 90.3 Å². The molecule has 4 amide bonds. The zero-order chi connectivity index (χ0) is 31.3. The lowest BCUT2D eigenvalue weighted by molar-refractivity contribution is 0.251. The highest BCUT2D eigenvalue weighted by Crippen LogP contribution is 2.35. The molecule has 0 bridgehead atoms. The minimum Gasteiger partial charge on any atom is -0.438 e. The number of hydrogen-bond acceptors (Lipinski definition) is 6. The predicted octanol–water partition coefficient (Wildman–Crippen LogP) is 8.12. The van der Waals surface area contributed by atoms with E-state index in [0.29, 0.717) is 17.3 Å². The fraction of sp³-hybridized carbons (Fsp3) is 0.242. The van der Waals surface area contributed by atoms with Gasteiger partial charge >= 0.3 is 12.1 Å². The SMILES string of the molecule is CCCC(I)c1cc(NC(=O)Nc2ccc(Oc3ccnc(NC(=O)NC4CC4)n3)c3ccccc23)n(-c2ccc(C)cc2)n1. The third kappa shape index (κ3) is 7.51. The van der Waals surface area contributed by atoms with Crippen LogP contribution in [0.5, 0.6) is 11.6 Å². The number of anilines is 3. The number of benzene rings is 3. The second-order valence-electron chi connectivity index (χ2n) is 10.9. The van der Waals surface area contributed by atoms with Gasteiger partial charge in [-0.25, -0.2) is 19.3 Å². The molecule has 2 aromatic heterocycles. The topological polar surface area (TPSA) is 135 Å². The summed E-state index contributed by atoms with van der Waals surface area (Å²) in [6.07, 6.45) is 5.50. The van der Waals surface area contributed by atoms with Crippen molar-refractivity contribution in [2.24, 2.45) is 0 Å². The third-order valence-electron chi connectivity index (χ3n) is 7.23.